The van der Waals surface area contributed by atoms with E-state index in [0.29, 0.717) is 23.7 Å². The van der Waals surface area contributed by atoms with Crippen LogP contribution in [0.4, 0.5) is 5.69 Å². The average Bonchev–Trinajstić information content (AvgIpc) is 3.00. The summed E-state index contributed by atoms with van der Waals surface area (Å²) in [6.07, 6.45) is 0. The Labute approximate surface area is 140 Å². The maximum Gasteiger partial charge on any atom is 0.278 e. The number of anilines is 1. The highest BCUT2D eigenvalue weighted by Crippen LogP contribution is 2.24. The summed E-state index contributed by atoms with van der Waals surface area (Å²) in [5, 5.41) is 11.5. The third-order valence-electron chi connectivity index (χ3n) is 3.42. The SMILES string of the molecule is CCOc1ccccc1NC(=O)c1nn(-c2ccccc2)nc1C. The Hall–Kier alpha value is -3.15. The first-order valence-electron chi connectivity index (χ1n) is 7.71. The van der Waals surface area contributed by atoms with Crippen LogP contribution >= 0.6 is 0 Å². The number of carbonyl (C=O) groups excluding carboxylic acids is 1. The lowest BCUT2D eigenvalue weighted by Crippen LogP contribution is -2.15. The van der Waals surface area contributed by atoms with Crippen molar-refractivity contribution >= 4 is 11.6 Å². The number of carbonyl (C=O) groups is 1. The first kappa shape index (κ1) is 15.7. The molecule has 0 aliphatic rings. The van der Waals surface area contributed by atoms with Crippen LogP contribution in [0.1, 0.15) is 23.1 Å². The number of aryl methyl sites for hydroxylation is 1. The van der Waals surface area contributed by atoms with Gasteiger partial charge < -0.3 is 10.1 Å². The van der Waals surface area contributed by atoms with Crippen molar-refractivity contribution in [2.24, 2.45) is 0 Å². The highest BCUT2D eigenvalue weighted by atomic mass is 16.5. The molecule has 1 heterocycles. The standard InChI is InChI=1S/C18H18N4O2/c1-3-24-16-12-8-7-11-15(16)19-18(23)17-13(2)20-22(21-17)14-9-5-4-6-10-14/h4-12H,3H2,1-2H3,(H,19,23). The van der Waals surface area contributed by atoms with Crippen molar-refractivity contribution < 1.29 is 9.53 Å². The monoisotopic (exact) mass is 322 g/mol. The van der Waals surface area contributed by atoms with E-state index in [1.807, 2.05) is 55.5 Å². The van der Waals surface area contributed by atoms with Crippen molar-refractivity contribution in [3.8, 4) is 11.4 Å². The molecule has 6 heteroatoms. The Morgan fingerprint density at radius 2 is 1.79 bits per heavy atom. The summed E-state index contributed by atoms with van der Waals surface area (Å²) >= 11 is 0. The number of amides is 1. The van der Waals surface area contributed by atoms with E-state index in [-0.39, 0.29) is 11.6 Å². The Morgan fingerprint density at radius 3 is 2.54 bits per heavy atom. The third kappa shape index (κ3) is 3.27. The number of nitrogens with zero attached hydrogens (tertiary/aromatic N) is 3. The molecular weight excluding hydrogens is 304 g/mol. The van der Waals surface area contributed by atoms with Gasteiger partial charge in [0, 0.05) is 0 Å². The Morgan fingerprint density at radius 1 is 1.08 bits per heavy atom. The van der Waals surface area contributed by atoms with E-state index in [1.165, 1.54) is 4.80 Å². The molecule has 0 radical (unpaired) electrons. The van der Waals surface area contributed by atoms with Crippen LogP contribution in [0.5, 0.6) is 5.75 Å². The fourth-order valence-electron chi connectivity index (χ4n) is 2.30. The molecule has 0 fully saturated rings. The quantitative estimate of drug-likeness (QED) is 0.783. The topological polar surface area (TPSA) is 69.0 Å². The predicted octanol–water partition coefficient (Wildman–Crippen LogP) is 3.23. The lowest BCUT2D eigenvalue weighted by molar-refractivity contribution is 0.102. The smallest absolute Gasteiger partial charge is 0.278 e. The van der Waals surface area contributed by atoms with Gasteiger partial charge in [-0.15, -0.1) is 5.10 Å². The average molecular weight is 322 g/mol. The molecule has 6 nitrogen and oxygen atoms in total. The van der Waals surface area contributed by atoms with Gasteiger partial charge in [0.15, 0.2) is 5.69 Å². The van der Waals surface area contributed by atoms with Crippen LogP contribution in [0.3, 0.4) is 0 Å². The Balaban J connectivity index is 1.85. The van der Waals surface area contributed by atoms with E-state index in [0.717, 1.165) is 5.69 Å². The van der Waals surface area contributed by atoms with Crippen LogP contribution in [0.15, 0.2) is 54.6 Å². The molecule has 122 valence electrons. The number of para-hydroxylation sites is 3. The number of ether oxygens (including phenoxy) is 1. The molecule has 3 rings (SSSR count). The lowest BCUT2D eigenvalue weighted by Gasteiger charge is -2.10. The molecule has 0 saturated carbocycles. The molecule has 0 unspecified atom stereocenters. The maximum absolute atomic E-state index is 12.6. The summed E-state index contributed by atoms with van der Waals surface area (Å²) in [6, 6.07) is 16.8. The fourth-order valence-corrected chi connectivity index (χ4v) is 2.30. The molecule has 0 aliphatic heterocycles. The van der Waals surface area contributed by atoms with E-state index >= 15 is 0 Å². The molecule has 0 bridgehead atoms. The van der Waals surface area contributed by atoms with E-state index in [9.17, 15) is 4.79 Å². The molecule has 0 atom stereocenters. The van der Waals surface area contributed by atoms with Gasteiger partial charge in [0.2, 0.25) is 0 Å². The van der Waals surface area contributed by atoms with Crippen LogP contribution in [0, 0.1) is 6.92 Å². The summed E-state index contributed by atoms with van der Waals surface area (Å²) in [6.45, 7) is 4.18. The zero-order valence-corrected chi connectivity index (χ0v) is 13.6. The summed E-state index contributed by atoms with van der Waals surface area (Å²) < 4.78 is 5.52. The molecule has 0 spiro atoms. The molecule has 3 aromatic rings. The second-order valence-corrected chi connectivity index (χ2v) is 5.14. The van der Waals surface area contributed by atoms with Gasteiger partial charge in [-0.2, -0.15) is 9.90 Å². The molecule has 24 heavy (non-hydrogen) atoms. The van der Waals surface area contributed by atoms with Crippen molar-refractivity contribution in [1.29, 1.82) is 0 Å². The van der Waals surface area contributed by atoms with Gasteiger partial charge in [0.1, 0.15) is 5.75 Å². The molecule has 2 aromatic carbocycles. The number of hydrogen-bond donors (Lipinski definition) is 1. The van der Waals surface area contributed by atoms with Crippen LogP contribution in [-0.4, -0.2) is 27.5 Å². The first-order chi connectivity index (χ1) is 11.7. The van der Waals surface area contributed by atoms with Crippen molar-refractivity contribution in [2.45, 2.75) is 13.8 Å². The number of hydrogen-bond acceptors (Lipinski definition) is 4. The van der Waals surface area contributed by atoms with Crippen molar-refractivity contribution in [3.05, 3.63) is 66.0 Å². The van der Waals surface area contributed by atoms with Gasteiger partial charge in [0.25, 0.3) is 5.91 Å². The highest BCUT2D eigenvalue weighted by molar-refractivity contribution is 6.04. The van der Waals surface area contributed by atoms with Crippen LogP contribution in [0.25, 0.3) is 5.69 Å². The second-order valence-electron chi connectivity index (χ2n) is 5.14. The number of rotatable bonds is 5. The zero-order valence-electron chi connectivity index (χ0n) is 13.6. The minimum atomic E-state index is -0.318. The highest BCUT2D eigenvalue weighted by Gasteiger charge is 2.17. The van der Waals surface area contributed by atoms with Crippen LogP contribution in [-0.2, 0) is 0 Å². The van der Waals surface area contributed by atoms with Crippen molar-refractivity contribution in [2.75, 3.05) is 11.9 Å². The molecule has 1 aromatic heterocycles. The van der Waals surface area contributed by atoms with Crippen LogP contribution in [0.2, 0.25) is 0 Å². The number of aromatic nitrogens is 3. The summed E-state index contributed by atoms with van der Waals surface area (Å²) in [5.41, 5.74) is 2.25. The van der Waals surface area contributed by atoms with Gasteiger partial charge in [-0.25, -0.2) is 0 Å². The van der Waals surface area contributed by atoms with Gasteiger partial charge in [-0.05, 0) is 38.1 Å². The van der Waals surface area contributed by atoms with E-state index < -0.39 is 0 Å². The fraction of sp³-hybridized carbons (Fsp3) is 0.167. The lowest BCUT2D eigenvalue weighted by atomic mass is 10.2. The van der Waals surface area contributed by atoms with E-state index in [4.69, 9.17) is 4.74 Å². The molecule has 1 amide bonds. The van der Waals surface area contributed by atoms with E-state index in [2.05, 4.69) is 15.5 Å². The predicted molar refractivity (Wildman–Crippen MR) is 91.7 cm³/mol. The summed E-state index contributed by atoms with van der Waals surface area (Å²) in [5.74, 6) is 0.309. The largest absolute Gasteiger partial charge is 0.492 e. The molecular formula is C18H18N4O2. The summed E-state index contributed by atoms with van der Waals surface area (Å²) in [4.78, 5) is 14.0. The zero-order chi connectivity index (χ0) is 16.9. The number of nitrogens with one attached hydrogen (secondary N) is 1. The first-order valence-corrected chi connectivity index (χ1v) is 7.71. The minimum absolute atomic E-state index is 0.283. The van der Waals surface area contributed by atoms with Gasteiger partial charge >= 0.3 is 0 Å². The third-order valence-corrected chi connectivity index (χ3v) is 3.42. The Kier molecular flexibility index (Phi) is 4.56. The minimum Gasteiger partial charge on any atom is -0.492 e. The molecule has 1 N–H and O–H groups in total. The van der Waals surface area contributed by atoms with Gasteiger partial charge in [0.05, 0.1) is 23.7 Å². The van der Waals surface area contributed by atoms with Gasteiger partial charge in [-0.3, -0.25) is 4.79 Å². The van der Waals surface area contributed by atoms with Crippen LogP contribution < -0.4 is 10.1 Å². The Bertz CT molecular complexity index is 843. The molecule has 0 aliphatic carbocycles. The van der Waals surface area contributed by atoms with Gasteiger partial charge in [-0.1, -0.05) is 30.3 Å². The second kappa shape index (κ2) is 6.95. The number of benzene rings is 2. The normalized spacial score (nSPS) is 10.4. The van der Waals surface area contributed by atoms with E-state index in [1.54, 1.807) is 13.0 Å². The summed E-state index contributed by atoms with van der Waals surface area (Å²) in [7, 11) is 0. The molecule has 0 saturated heterocycles. The van der Waals surface area contributed by atoms with Crippen molar-refractivity contribution in [1.82, 2.24) is 15.0 Å². The van der Waals surface area contributed by atoms with Crippen molar-refractivity contribution in [3.63, 3.8) is 0 Å². The maximum atomic E-state index is 12.6.